The molecule has 0 aliphatic rings. The first-order chi connectivity index (χ1) is 7.11. The Morgan fingerprint density at radius 1 is 1.60 bits per heavy atom. The summed E-state index contributed by atoms with van der Waals surface area (Å²) in [6, 6.07) is 1.74. The zero-order valence-electron chi connectivity index (χ0n) is 8.19. The molecule has 2 aromatic rings. The highest BCUT2D eigenvalue weighted by Crippen LogP contribution is 2.19. The van der Waals surface area contributed by atoms with Crippen LogP contribution in [-0.4, -0.2) is 20.8 Å². The van der Waals surface area contributed by atoms with Gasteiger partial charge in [-0.3, -0.25) is 4.79 Å². The van der Waals surface area contributed by atoms with Gasteiger partial charge in [0, 0.05) is 7.05 Å². The SMILES string of the molecule is Cc1ccoc1C(=O)c1c(Br)nnn1C. The molecule has 0 fully saturated rings. The van der Waals surface area contributed by atoms with Gasteiger partial charge in [0.25, 0.3) is 0 Å². The van der Waals surface area contributed by atoms with E-state index < -0.39 is 0 Å². The maximum absolute atomic E-state index is 12.0. The molecule has 0 aliphatic carbocycles. The fourth-order valence-corrected chi connectivity index (χ4v) is 1.79. The molecule has 0 saturated carbocycles. The number of carbonyl (C=O) groups excluding carboxylic acids is 1. The van der Waals surface area contributed by atoms with Gasteiger partial charge in [0.05, 0.1) is 6.26 Å². The predicted octanol–water partition coefficient (Wildman–Crippen LogP) is 1.71. The number of ketones is 1. The van der Waals surface area contributed by atoms with Gasteiger partial charge in [-0.05, 0) is 34.5 Å². The van der Waals surface area contributed by atoms with E-state index in [1.165, 1.54) is 10.9 Å². The van der Waals surface area contributed by atoms with E-state index in [0.717, 1.165) is 5.56 Å². The Bertz CT molecular complexity index is 496. The molecular formula is C9H8BrN3O2. The van der Waals surface area contributed by atoms with E-state index in [1.54, 1.807) is 13.1 Å². The molecule has 5 nitrogen and oxygen atoms in total. The van der Waals surface area contributed by atoms with E-state index in [0.29, 0.717) is 16.1 Å². The third-order valence-electron chi connectivity index (χ3n) is 2.07. The Kier molecular flexibility index (Phi) is 2.44. The molecule has 2 heterocycles. The fraction of sp³-hybridized carbons (Fsp3) is 0.222. The second-order valence-corrected chi connectivity index (χ2v) is 3.87. The van der Waals surface area contributed by atoms with Crippen LogP contribution in [0.25, 0.3) is 0 Å². The maximum Gasteiger partial charge on any atom is 0.249 e. The normalized spacial score (nSPS) is 10.6. The first-order valence-corrected chi connectivity index (χ1v) is 5.04. The molecule has 0 amide bonds. The molecule has 2 rings (SSSR count). The summed E-state index contributed by atoms with van der Waals surface area (Å²) in [4.78, 5) is 12.0. The number of hydrogen-bond donors (Lipinski definition) is 0. The molecule has 15 heavy (non-hydrogen) atoms. The summed E-state index contributed by atoms with van der Waals surface area (Å²) in [6.45, 7) is 1.81. The second kappa shape index (κ2) is 3.62. The van der Waals surface area contributed by atoms with Crippen LogP contribution in [0.15, 0.2) is 21.3 Å². The van der Waals surface area contributed by atoms with Gasteiger partial charge in [-0.15, -0.1) is 5.10 Å². The third-order valence-corrected chi connectivity index (χ3v) is 2.60. The van der Waals surface area contributed by atoms with E-state index >= 15 is 0 Å². The van der Waals surface area contributed by atoms with Crippen LogP contribution in [0.2, 0.25) is 0 Å². The zero-order valence-corrected chi connectivity index (χ0v) is 9.78. The number of nitrogens with zero attached hydrogens (tertiary/aromatic N) is 3. The molecule has 0 radical (unpaired) electrons. The van der Waals surface area contributed by atoms with Gasteiger partial charge in [0.1, 0.15) is 5.69 Å². The molecule has 0 unspecified atom stereocenters. The first kappa shape index (κ1) is 10.1. The zero-order chi connectivity index (χ0) is 11.0. The predicted molar refractivity (Wildman–Crippen MR) is 55.6 cm³/mol. The summed E-state index contributed by atoms with van der Waals surface area (Å²) in [7, 11) is 1.66. The first-order valence-electron chi connectivity index (χ1n) is 4.25. The minimum atomic E-state index is -0.225. The van der Waals surface area contributed by atoms with Crippen LogP contribution in [0, 0.1) is 6.92 Å². The molecule has 0 saturated heterocycles. The number of furan rings is 1. The number of aryl methyl sites for hydroxylation is 2. The van der Waals surface area contributed by atoms with E-state index in [4.69, 9.17) is 4.42 Å². The standard InChI is InChI=1S/C9H8BrN3O2/c1-5-3-4-15-8(5)7(14)6-9(10)11-12-13(6)2/h3-4H,1-2H3. The van der Waals surface area contributed by atoms with E-state index in [2.05, 4.69) is 26.2 Å². The number of rotatable bonds is 2. The van der Waals surface area contributed by atoms with Crippen LogP contribution < -0.4 is 0 Å². The lowest BCUT2D eigenvalue weighted by atomic mass is 10.2. The van der Waals surface area contributed by atoms with Crippen LogP contribution in [0.4, 0.5) is 0 Å². The monoisotopic (exact) mass is 269 g/mol. The highest BCUT2D eigenvalue weighted by atomic mass is 79.9. The Hall–Kier alpha value is -1.43. The molecule has 0 bridgehead atoms. The quantitative estimate of drug-likeness (QED) is 0.779. The van der Waals surface area contributed by atoms with E-state index in [1.807, 2.05) is 6.92 Å². The van der Waals surface area contributed by atoms with Crippen molar-refractivity contribution in [1.29, 1.82) is 0 Å². The van der Waals surface area contributed by atoms with Crippen LogP contribution in [0.5, 0.6) is 0 Å². The lowest BCUT2D eigenvalue weighted by molar-refractivity contribution is 0.0998. The minimum Gasteiger partial charge on any atom is -0.461 e. The number of aromatic nitrogens is 3. The Labute approximate surface area is 94.2 Å². The highest BCUT2D eigenvalue weighted by molar-refractivity contribution is 9.10. The van der Waals surface area contributed by atoms with E-state index in [-0.39, 0.29) is 5.78 Å². The lowest BCUT2D eigenvalue weighted by Crippen LogP contribution is -2.09. The molecule has 0 spiro atoms. The van der Waals surface area contributed by atoms with Crippen molar-refractivity contribution < 1.29 is 9.21 Å². The average molecular weight is 270 g/mol. The number of carbonyl (C=O) groups is 1. The second-order valence-electron chi connectivity index (χ2n) is 3.11. The summed E-state index contributed by atoms with van der Waals surface area (Å²) < 4.78 is 6.95. The Morgan fingerprint density at radius 3 is 2.80 bits per heavy atom. The minimum absolute atomic E-state index is 0.225. The van der Waals surface area contributed by atoms with Crippen molar-refractivity contribution in [3.8, 4) is 0 Å². The van der Waals surface area contributed by atoms with Crippen molar-refractivity contribution in [3.05, 3.63) is 34.0 Å². The van der Waals surface area contributed by atoms with Crippen molar-refractivity contribution in [2.75, 3.05) is 0 Å². The molecule has 0 atom stereocenters. The van der Waals surface area contributed by atoms with Gasteiger partial charge >= 0.3 is 0 Å². The van der Waals surface area contributed by atoms with Crippen LogP contribution in [-0.2, 0) is 7.05 Å². The third kappa shape index (κ3) is 1.61. The highest BCUT2D eigenvalue weighted by Gasteiger charge is 2.22. The summed E-state index contributed by atoms with van der Waals surface area (Å²) in [5.41, 5.74) is 1.18. The molecule has 0 aliphatic heterocycles. The lowest BCUT2D eigenvalue weighted by Gasteiger charge is -1.98. The van der Waals surface area contributed by atoms with Crippen molar-refractivity contribution in [3.63, 3.8) is 0 Å². The molecule has 78 valence electrons. The van der Waals surface area contributed by atoms with Crippen LogP contribution >= 0.6 is 15.9 Å². The topological polar surface area (TPSA) is 60.9 Å². The van der Waals surface area contributed by atoms with Crippen molar-refractivity contribution in [1.82, 2.24) is 15.0 Å². The summed E-state index contributed by atoms with van der Waals surface area (Å²) in [5.74, 6) is 0.0953. The smallest absolute Gasteiger partial charge is 0.249 e. The van der Waals surface area contributed by atoms with Crippen LogP contribution in [0.3, 0.4) is 0 Å². The number of hydrogen-bond acceptors (Lipinski definition) is 4. The Balaban J connectivity index is 2.50. The van der Waals surface area contributed by atoms with E-state index in [9.17, 15) is 4.79 Å². The van der Waals surface area contributed by atoms with Gasteiger partial charge in [-0.25, -0.2) is 4.68 Å². The van der Waals surface area contributed by atoms with Crippen LogP contribution in [0.1, 0.15) is 21.8 Å². The van der Waals surface area contributed by atoms with Gasteiger partial charge < -0.3 is 4.42 Å². The fourth-order valence-electron chi connectivity index (χ4n) is 1.29. The largest absolute Gasteiger partial charge is 0.461 e. The van der Waals surface area contributed by atoms with Crippen molar-refractivity contribution in [2.24, 2.45) is 7.05 Å². The Morgan fingerprint density at radius 2 is 2.33 bits per heavy atom. The number of halogens is 1. The van der Waals surface area contributed by atoms with Gasteiger partial charge in [0.2, 0.25) is 5.78 Å². The molecule has 0 aromatic carbocycles. The average Bonchev–Trinajstić information content (AvgIpc) is 2.73. The molecule has 0 N–H and O–H groups in total. The van der Waals surface area contributed by atoms with Gasteiger partial charge in [-0.1, -0.05) is 5.21 Å². The van der Waals surface area contributed by atoms with Crippen molar-refractivity contribution >= 4 is 21.7 Å². The molecule has 2 aromatic heterocycles. The molecular weight excluding hydrogens is 262 g/mol. The summed E-state index contributed by atoms with van der Waals surface area (Å²) >= 11 is 3.17. The van der Waals surface area contributed by atoms with Crippen molar-refractivity contribution in [2.45, 2.75) is 6.92 Å². The molecule has 6 heteroatoms. The summed E-state index contributed by atoms with van der Waals surface area (Å²) in [6.07, 6.45) is 1.49. The van der Waals surface area contributed by atoms with Gasteiger partial charge in [0.15, 0.2) is 10.4 Å². The summed E-state index contributed by atoms with van der Waals surface area (Å²) in [5, 5.41) is 7.48. The van der Waals surface area contributed by atoms with Gasteiger partial charge in [-0.2, -0.15) is 0 Å². The maximum atomic E-state index is 12.0.